The van der Waals surface area contributed by atoms with Gasteiger partial charge in [-0.05, 0) is 12.6 Å². The first-order chi connectivity index (χ1) is 4.75. The minimum Gasteiger partial charge on any atom is -0.870 e. The Bertz CT molecular complexity index is 267. The van der Waals surface area contributed by atoms with Gasteiger partial charge in [-0.3, -0.25) is 9.97 Å². The van der Waals surface area contributed by atoms with Crippen molar-refractivity contribution in [1.29, 1.82) is 0 Å². The van der Waals surface area contributed by atoms with Gasteiger partial charge in [0, 0.05) is 17.7 Å². The molecule has 1 aromatic rings. The summed E-state index contributed by atoms with van der Waals surface area (Å²) in [6.45, 7) is 1.58. The summed E-state index contributed by atoms with van der Waals surface area (Å²) in [6, 6.07) is 0. The predicted octanol–water partition coefficient (Wildman–Crippen LogP) is -3.22. The van der Waals surface area contributed by atoms with E-state index in [2.05, 4.69) is 9.97 Å². The first-order valence-corrected chi connectivity index (χ1v) is 2.64. The first kappa shape index (κ1) is 14.1. The third-order valence-electron chi connectivity index (χ3n) is 1.10. The van der Waals surface area contributed by atoms with Gasteiger partial charge in [0.25, 0.3) is 0 Å². The third-order valence-corrected chi connectivity index (χ3v) is 1.10. The topological polar surface area (TPSA) is 93.1 Å². The summed E-state index contributed by atoms with van der Waals surface area (Å²) >= 11 is 0. The second-order valence-electron chi connectivity index (χ2n) is 1.76. The van der Waals surface area contributed by atoms with Gasteiger partial charge < -0.3 is 15.4 Å². The van der Waals surface area contributed by atoms with Crippen molar-refractivity contribution in [1.82, 2.24) is 9.97 Å². The number of carbonyl (C=O) groups excluding carboxylic acids is 1. The molecule has 0 aliphatic rings. The Labute approximate surface area is 91.5 Å². The zero-order chi connectivity index (χ0) is 7.56. The van der Waals surface area contributed by atoms with Gasteiger partial charge in [0.2, 0.25) is 0 Å². The summed E-state index contributed by atoms with van der Waals surface area (Å²) in [5.74, 6) is -0.197. The molecule has 0 atom stereocenters. The Morgan fingerprint density at radius 2 is 2.08 bits per heavy atom. The maximum absolute atomic E-state index is 10.0. The first-order valence-electron chi connectivity index (χ1n) is 2.64. The molecule has 1 heterocycles. The molecule has 5 nitrogen and oxygen atoms in total. The van der Waals surface area contributed by atoms with Crippen LogP contribution in [0.3, 0.4) is 0 Å². The summed E-state index contributed by atoms with van der Waals surface area (Å²) in [4.78, 5) is 17.1. The summed E-state index contributed by atoms with van der Waals surface area (Å²) < 4.78 is 0. The van der Waals surface area contributed by atoms with Crippen LogP contribution in [0, 0.1) is 6.92 Å². The van der Waals surface area contributed by atoms with Crippen LogP contribution in [0.2, 0.25) is 0 Å². The van der Waals surface area contributed by atoms with E-state index in [1.165, 1.54) is 12.6 Å². The normalized spacial score (nSPS) is 7.75. The van der Waals surface area contributed by atoms with Crippen molar-refractivity contribution in [2.45, 2.75) is 6.92 Å². The van der Waals surface area contributed by atoms with E-state index in [4.69, 9.17) is 5.11 Å². The average molecular weight is 177 g/mol. The molecule has 12 heavy (non-hydrogen) atoms. The summed E-state index contributed by atoms with van der Waals surface area (Å²) in [6.07, 6.45) is 2.69. The largest absolute Gasteiger partial charge is 1.00 e. The van der Waals surface area contributed by atoms with Crippen LogP contribution in [0.25, 0.3) is 0 Å². The zero-order valence-corrected chi connectivity index (χ0v) is 8.77. The second-order valence-corrected chi connectivity index (χ2v) is 1.76. The molecular weight excluding hydrogens is 171 g/mol. The molecule has 0 bridgehead atoms. The second kappa shape index (κ2) is 6.07. The van der Waals surface area contributed by atoms with Gasteiger partial charge in [0.05, 0.1) is 0 Å². The Balaban J connectivity index is 0. The molecule has 1 aromatic heterocycles. The van der Waals surface area contributed by atoms with E-state index in [9.17, 15) is 4.79 Å². The van der Waals surface area contributed by atoms with E-state index in [1.54, 1.807) is 6.92 Å². The van der Waals surface area contributed by atoms with Crippen LogP contribution in [-0.2, 0) is 4.79 Å². The monoisotopic (exact) mass is 177 g/mol. The fourth-order valence-corrected chi connectivity index (χ4v) is 0.542. The smallest absolute Gasteiger partial charge is 0.870 e. The summed E-state index contributed by atoms with van der Waals surface area (Å²) in [7, 11) is 0. The van der Waals surface area contributed by atoms with Crippen LogP contribution < -0.4 is 29.6 Å². The zero-order valence-electron chi connectivity index (χ0n) is 6.77. The van der Waals surface area contributed by atoms with Crippen LogP contribution in [-0.4, -0.2) is 26.8 Å². The van der Waals surface area contributed by atoms with E-state index in [0.717, 1.165) is 0 Å². The van der Waals surface area contributed by atoms with Gasteiger partial charge in [-0.15, -0.1) is 0 Å². The Kier molecular flexibility index (Phi) is 7.12. The molecule has 0 aromatic carbocycles. The van der Waals surface area contributed by atoms with E-state index >= 15 is 0 Å². The number of hydrogen-bond donors (Lipinski definition) is 1. The molecule has 6 heteroatoms. The van der Waals surface area contributed by atoms with E-state index in [0.29, 0.717) is 5.69 Å². The molecule has 2 N–H and O–H groups in total. The summed E-state index contributed by atoms with van der Waals surface area (Å²) in [5.41, 5.74) is 0.292. The fourth-order valence-electron chi connectivity index (χ4n) is 0.542. The minimum atomic E-state index is -0.197. The fraction of sp³-hybridized carbons (Fsp3) is 0.167. The Morgan fingerprint density at radius 1 is 1.50 bits per heavy atom. The number of rotatable bonds is 1. The third kappa shape index (κ3) is 2.86. The van der Waals surface area contributed by atoms with E-state index in [-0.39, 0.29) is 46.5 Å². The number of aryl methyl sites for hydroxylation is 1. The van der Waals surface area contributed by atoms with Gasteiger partial charge in [0.1, 0.15) is 6.33 Å². The van der Waals surface area contributed by atoms with Crippen molar-refractivity contribution in [3.05, 3.63) is 17.7 Å². The van der Waals surface area contributed by atoms with Crippen LogP contribution in [0.15, 0.2) is 6.33 Å². The van der Waals surface area contributed by atoms with Crippen LogP contribution in [0.1, 0.15) is 11.4 Å². The molecule has 0 fully saturated rings. The maximum atomic E-state index is 10.0. The van der Waals surface area contributed by atoms with Crippen LogP contribution >= 0.6 is 0 Å². The number of nitrogens with zero attached hydrogens (tertiary/aromatic N) is 2. The standard InChI is InChI=1S/C6H5N2O2.Na.H2O/c1-4-6(10)5(2-9)8-3-7-4;;/h3,10H,1H3;;1H2/q-1;+1;/p-1. The van der Waals surface area contributed by atoms with Gasteiger partial charge >= 0.3 is 29.6 Å². The Hall–Kier alpha value is -0.490. The van der Waals surface area contributed by atoms with Crippen LogP contribution in [0.4, 0.5) is 0 Å². The molecule has 0 unspecified atom stereocenters. The van der Waals surface area contributed by atoms with Crippen molar-refractivity contribution < 1.29 is 44.9 Å². The molecule has 0 saturated heterocycles. The van der Waals surface area contributed by atoms with Gasteiger partial charge in [-0.25, -0.2) is 0 Å². The molecule has 0 saturated carbocycles. The molecule has 0 aliphatic carbocycles. The van der Waals surface area contributed by atoms with Gasteiger partial charge in [-0.1, -0.05) is 0 Å². The minimum absolute atomic E-state index is 0. The molecule has 0 radical (unpaired) electrons. The summed E-state index contributed by atoms with van der Waals surface area (Å²) in [5, 5.41) is 9.01. The van der Waals surface area contributed by atoms with Crippen molar-refractivity contribution in [3.8, 4) is 5.75 Å². The number of aromatic nitrogens is 2. The molecule has 60 valence electrons. The Morgan fingerprint density at radius 3 is 2.50 bits per heavy atom. The maximum Gasteiger partial charge on any atom is 1.00 e. The van der Waals surface area contributed by atoms with Crippen molar-refractivity contribution >= 4 is 6.29 Å². The van der Waals surface area contributed by atoms with Gasteiger partial charge in [0.15, 0.2) is 0 Å². The molecule has 0 amide bonds. The van der Waals surface area contributed by atoms with Crippen molar-refractivity contribution in [2.75, 3.05) is 0 Å². The predicted molar refractivity (Wildman–Crippen MR) is 35.2 cm³/mol. The molecular formula is C6H6N2NaO3-. The van der Waals surface area contributed by atoms with Gasteiger partial charge in [-0.2, -0.15) is 0 Å². The van der Waals surface area contributed by atoms with Crippen molar-refractivity contribution in [3.63, 3.8) is 0 Å². The van der Waals surface area contributed by atoms with Crippen LogP contribution in [0.5, 0.6) is 5.75 Å². The van der Waals surface area contributed by atoms with E-state index < -0.39 is 0 Å². The quantitative estimate of drug-likeness (QED) is 0.359. The van der Waals surface area contributed by atoms with E-state index in [1.807, 2.05) is 0 Å². The average Bonchev–Trinajstić information content (AvgIpc) is 1.95. The number of aromatic hydroxyl groups is 1. The van der Waals surface area contributed by atoms with Crippen molar-refractivity contribution in [2.24, 2.45) is 0 Å². The SMILES string of the molecule is Cc1ncnc([C-]=O)c1O.[Na+].[OH-]. The molecule has 0 spiro atoms. The molecule has 1 rings (SSSR count). The number of hydrogen-bond acceptors (Lipinski definition) is 5. The molecule has 0 aliphatic heterocycles.